The van der Waals surface area contributed by atoms with E-state index in [9.17, 15) is 19.4 Å². The van der Waals surface area contributed by atoms with Crippen LogP contribution in [0.1, 0.15) is 58.3 Å². The van der Waals surface area contributed by atoms with E-state index in [0.29, 0.717) is 25.4 Å². The Morgan fingerprint density at radius 2 is 2.07 bits per heavy atom. The second-order valence-corrected chi connectivity index (χ2v) is 10.9. The van der Waals surface area contributed by atoms with E-state index in [1.165, 1.54) is 13.1 Å². The van der Waals surface area contributed by atoms with Crippen LogP contribution in [0.5, 0.6) is 0 Å². The molecule has 0 amide bonds. The van der Waals surface area contributed by atoms with Crippen molar-refractivity contribution in [3.05, 3.63) is 36.5 Å². The molecule has 1 fully saturated rings. The molecule has 2 aliphatic rings. The molecule has 27 heavy (non-hydrogen) atoms. The Morgan fingerprint density at radius 3 is 2.67 bits per heavy atom. The van der Waals surface area contributed by atoms with Crippen LogP contribution in [0.2, 0.25) is 0 Å². The SMILES string of the molecule is CCC1(C(O)C/C=C/C2C=CC(=O)C2C/C=C/CCCP(C)(=O)O)CCC1. The van der Waals surface area contributed by atoms with Gasteiger partial charge >= 0.3 is 0 Å². The first-order chi connectivity index (χ1) is 12.8. The van der Waals surface area contributed by atoms with Gasteiger partial charge in [0.2, 0.25) is 0 Å². The van der Waals surface area contributed by atoms with Crippen molar-refractivity contribution in [2.24, 2.45) is 17.3 Å². The number of carbonyl (C=O) groups excluding carboxylic acids is 1. The lowest BCUT2D eigenvalue weighted by Gasteiger charge is -2.45. The second-order valence-electron chi connectivity index (χ2n) is 8.32. The molecular weight excluding hydrogens is 359 g/mol. The molecule has 0 aromatic carbocycles. The lowest BCUT2D eigenvalue weighted by molar-refractivity contribution is -0.117. The van der Waals surface area contributed by atoms with Gasteiger partial charge in [0, 0.05) is 24.7 Å². The topological polar surface area (TPSA) is 74.6 Å². The van der Waals surface area contributed by atoms with Crippen molar-refractivity contribution in [1.82, 2.24) is 0 Å². The Balaban J connectivity index is 1.77. The molecule has 2 N–H and O–H groups in total. The minimum Gasteiger partial charge on any atom is -0.392 e. The highest BCUT2D eigenvalue weighted by Gasteiger charge is 2.41. The van der Waals surface area contributed by atoms with Crippen LogP contribution in [0.15, 0.2) is 36.5 Å². The first-order valence-corrected chi connectivity index (χ1v) is 12.6. The van der Waals surface area contributed by atoms with Gasteiger partial charge in [-0.05, 0) is 56.4 Å². The molecule has 0 saturated heterocycles. The van der Waals surface area contributed by atoms with Crippen LogP contribution in [-0.4, -0.2) is 34.7 Å². The van der Waals surface area contributed by atoms with Gasteiger partial charge in [0.1, 0.15) is 0 Å². The van der Waals surface area contributed by atoms with Gasteiger partial charge in [-0.3, -0.25) is 9.36 Å². The molecule has 5 heteroatoms. The highest BCUT2D eigenvalue weighted by molar-refractivity contribution is 7.57. The monoisotopic (exact) mass is 394 g/mol. The van der Waals surface area contributed by atoms with E-state index in [-0.39, 0.29) is 29.1 Å². The first kappa shape index (κ1) is 22.3. The Labute approximate surface area is 163 Å². The van der Waals surface area contributed by atoms with Crippen molar-refractivity contribution in [3.8, 4) is 0 Å². The molecule has 0 bridgehead atoms. The van der Waals surface area contributed by atoms with Crippen LogP contribution < -0.4 is 0 Å². The van der Waals surface area contributed by atoms with Crippen molar-refractivity contribution in [3.63, 3.8) is 0 Å². The first-order valence-electron chi connectivity index (χ1n) is 10.3. The van der Waals surface area contributed by atoms with E-state index < -0.39 is 7.37 Å². The zero-order valence-electron chi connectivity index (χ0n) is 16.7. The number of rotatable bonds is 11. The Bertz CT molecular complexity index is 619. The summed E-state index contributed by atoms with van der Waals surface area (Å²) in [6, 6.07) is 0. The minimum atomic E-state index is -2.92. The molecule has 2 aliphatic carbocycles. The Morgan fingerprint density at radius 1 is 1.33 bits per heavy atom. The third-order valence-electron chi connectivity index (χ3n) is 6.29. The molecule has 0 heterocycles. The smallest absolute Gasteiger partial charge is 0.197 e. The minimum absolute atomic E-state index is 0.0615. The maximum Gasteiger partial charge on any atom is 0.197 e. The summed E-state index contributed by atoms with van der Waals surface area (Å²) in [4.78, 5) is 21.4. The van der Waals surface area contributed by atoms with Crippen LogP contribution in [0.25, 0.3) is 0 Å². The number of aliphatic hydroxyl groups is 1. The lowest BCUT2D eigenvalue weighted by Crippen LogP contribution is -2.40. The fourth-order valence-corrected chi connectivity index (χ4v) is 4.93. The predicted octanol–water partition coefficient (Wildman–Crippen LogP) is 4.87. The summed E-state index contributed by atoms with van der Waals surface area (Å²) >= 11 is 0. The fraction of sp³-hybridized carbons (Fsp3) is 0.682. The normalized spacial score (nSPS) is 27.9. The molecule has 4 nitrogen and oxygen atoms in total. The highest BCUT2D eigenvalue weighted by Crippen LogP contribution is 2.47. The number of hydrogen-bond acceptors (Lipinski definition) is 3. The number of hydrogen-bond donors (Lipinski definition) is 2. The Kier molecular flexibility index (Phi) is 8.27. The molecule has 0 radical (unpaired) electrons. The maximum absolute atomic E-state index is 12.1. The van der Waals surface area contributed by atoms with Gasteiger partial charge < -0.3 is 10.00 Å². The molecule has 4 atom stereocenters. The summed E-state index contributed by atoms with van der Waals surface area (Å²) in [7, 11) is -2.92. The molecule has 0 aromatic rings. The van der Waals surface area contributed by atoms with E-state index in [2.05, 4.69) is 13.0 Å². The number of carbonyl (C=O) groups is 1. The van der Waals surface area contributed by atoms with Crippen molar-refractivity contribution >= 4 is 13.2 Å². The van der Waals surface area contributed by atoms with E-state index in [1.807, 2.05) is 24.3 Å². The molecule has 0 aliphatic heterocycles. The summed E-state index contributed by atoms with van der Waals surface area (Å²) in [6.45, 7) is 3.55. The molecular formula is C22H35O4P. The lowest BCUT2D eigenvalue weighted by atomic mass is 9.63. The zero-order chi connectivity index (χ0) is 19.9. The van der Waals surface area contributed by atoms with Crippen molar-refractivity contribution < 1.29 is 19.4 Å². The number of ketones is 1. The fourth-order valence-electron chi connectivity index (χ4n) is 4.16. The number of unbranched alkanes of at least 4 members (excludes halogenated alkanes) is 1. The molecule has 2 rings (SSSR count). The largest absolute Gasteiger partial charge is 0.392 e. The summed E-state index contributed by atoms with van der Waals surface area (Å²) in [6.07, 6.45) is 19.1. The maximum atomic E-state index is 12.1. The summed E-state index contributed by atoms with van der Waals surface area (Å²) in [5, 5.41) is 10.5. The van der Waals surface area contributed by atoms with Crippen molar-refractivity contribution in [1.29, 1.82) is 0 Å². The van der Waals surface area contributed by atoms with Crippen LogP contribution in [-0.2, 0) is 9.36 Å². The van der Waals surface area contributed by atoms with Crippen LogP contribution in [0.4, 0.5) is 0 Å². The molecule has 4 unspecified atom stereocenters. The molecule has 0 spiro atoms. The quantitative estimate of drug-likeness (QED) is 0.298. The van der Waals surface area contributed by atoms with Gasteiger partial charge in [-0.25, -0.2) is 0 Å². The molecule has 152 valence electrons. The third kappa shape index (κ3) is 6.55. The van der Waals surface area contributed by atoms with E-state index in [4.69, 9.17) is 0 Å². The summed E-state index contributed by atoms with van der Waals surface area (Å²) in [5.41, 5.74) is 0.116. The number of allylic oxidation sites excluding steroid dienone is 5. The average Bonchev–Trinajstić information content (AvgIpc) is 2.90. The van der Waals surface area contributed by atoms with Gasteiger partial charge in [-0.1, -0.05) is 43.7 Å². The van der Waals surface area contributed by atoms with Crippen LogP contribution in [0.3, 0.4) is 0 Å². The van der Waals surface area contributed by atoms with Gasteiger partial charge in [-0.15, -0.1) is 0 Å². The highest BCUT2D eigenvalue weighted by atomic mass is 31.2. The molecule has 1 saturated carbocycles. The Hall–Kier alpha value is -0.960. The van der Waals surface area contributed by atoms with Crippen LogP contribution >= 0.6 is 7.37 Å². The summed E-state index contributed by atoms with van der Waals surface area (Å²) < 4.78 is 11.2. The third-order valence-corrected chi connectivity index (χ3v) is 7.44. The number of aliphatic hydroxyl groups excluding tert-OH is 1. The van der Waals surface area contributed by atoms with E-state index >= 15 is 0 Å². The molecule has 0 aromatic heterocycles. The van der Waals surface area contributed by atoms with E-state index in [1.54, 1.807) is 6.08 Å². The van der Waals surface area contributed by atoms with Gasteiger partial charge in [0.25, 0.3) is 0 Å². The van der Waals surface area contributed by atoms with Gasteiger partial charge in [-0.2, -0.15) is 0 Å². The average molecular weight is 394 g/mol. The van der Waals surface area contributed by atoms with Crippen LogP contribution in [0, 0.1) is 17.3 Å². The second kappa shape index (κ2) is 10.0. The predicted molar refractivity (Wildman–Crippen MR) is 111 cm³/mol. The standard InChI is InChI=1S/C22H35O4P/c1-3-22(15-9-16-22)21(24)12-8-10-18-13-14-20(23)19(18)11-6-4-5-7-17-27(2,25)26/h4,6,8,10,13-14,18-19,21,24H,3,5,7,9,11-12,15-17H2,1-2H3,(H,25,26)/b6-4+,10-8+. The van der Waals surface area contributed by atoms with Gasteiger partial charge in [0.05, 0.1) is 6.10 Å². The zero-order valence-corrected chi connectivity index (χ0v) is 17.6. The summed E-state index contributed by atoms with van der Waals surface area (Å²) in [5.74, 6) is 0.197. The van der Waals surface area contributed by atoms with Crippen molar-refractivity contribution in [2.45, 2.75) is 64.4 Å². The van der Waals surface area contributed by atoms with Crippen molar-refractivity contribution in [2.75, 3.05) is 12.8 Å². The van der Waals surface area contributed by atoms with E-state index in [0.717, 1.165) is 25.7 Å². The van der Waals surface area contributed by atoms with Gasteiger partial charge in [0.15, 0.2) is 13.2 Å².